The zero-order valence-corrected chi connectivity index (χ0v) is 14.7. The normalized spacial score (nSPS) is 11.8. The molecular weight excluding hydrogens is 322 g/mol. The summed E-state index contributed by atoms with van der Waals surface area (Å²) in [6, 6.07) is 2.89. The number of ether oxygens (including phenoxy) is 3. The number of hydrogen-bond acceptors (Lipinski definition) is 5. The second kappa shape index (κ2) is 8.62. The number of amides is 1. The van der Waals surface area contributed by atoms with Gasteiger partial charge in [0.2, 0.25) is 0 Å². The minimum Gasteiger partial charge on any atom is -0.493 e. The van der Waals surface area contributed by atoms with Crippen LogP contribution in [0.4, 0.5) is 0 Å². The summed E-state index contributed by atoms with van der Waals surface area (Å²) in [6.45, 7) is 7.45. The molecule has 0 aliphatic rings. The van der Waals surface area contributed by atoms with Crippen LogP contribution in [0, 0.1) is 0 Å². The van der Waals surface area contributed by atoms with E-state index < -0.39 is 12.1 Å². The molecular formula is C16H22ClNO5. The molecule has 0 aliphatic heterocycles. The van der Waals surface area contributed by atoms with Gasteiger partial charge in [0.05, 0.1) is 23.8 Å². The van der Waals surface area contributed by atoms with E-state index in [9.17, 15) is 9.59 Å². The number of halogens is 1. The first-order valence-corrected chi connectivity index (χ1v) is 7.70. The lowest BCUT2D eigenvalue weighted by Crippen LogP contribution is -2.35. The summed E-state index contributed by atoms with van der Waals surface area (Å²) in [5.41, 5.74) is 0.180. The maximum absolute atomic E-state index is 12.2. The molecule has 128 valence electrons. The molecule has 1 N–H and O–H groups in total. The third-order valence-electron chi connectivity index (χ3n) is 2.82. The standard InChI is InChI=1S/C16H22ClNO5/c1-6-18-15(19)10(4)23-16(20)11-7-12(17)14(22-9(2)3)13(8-11)21-5/h7-10H,6H2,1-5H3,(H,18,19)/t10-/m0/s1. The zero-order chi connectivity index (χ0) is 17.6. The maximum Gasteiger partial charge on any atom is 0.339 e. The van der Waals surface area contributed by atoms with Gasteiger partial charge in [-0.15, -0.1) is 0 Å². The fraction of sp³-hybridized carbons (Fsp3) is 0.500. The summed E-state index contributed by atoms with van der Waals surface area (Å²) in [5.74, 6) is -0.347. The van der Waals surface area contributed by atoms with E-state index in [1.54, 1.807) is 6.92 Å². The second-order valence-electron chi connectivity index (χ2n) is 5.10. The van der Waals surface area contributed by atoms with E-state index in [4.69, 9.17) is 25.8 Å². The quantitative estimate of drug-likeness (QED) is 0.770. The molecule has 1 atom stereocenters. The number of methoxy groups -OCH3 is 1. The number of rotatable bonds is 7. The highest BCUT2D eigenvalue weighted by Crippen LogP contribution is 2.37. The van der Waals surface area contributed by atoms with Crippen molar-refractivity contribution < 1.29 is 23.8 Å². The Balaban J connectivity index is 2.98. The van der Waals surface area contributed by atoms with E-state index in [0.29, 0.717) is 18.0 Å². The Morgan fingerprint density at radius 2 is 1.91 bits per heavy atom. The van der Waals surface area contributed by atoms with Crippen LogP contribution >= 0.6 is 11.6 Å². The molecule has 7 heteroatoms. The van der Waals surface area contributed by atoms with Gasteiger partial charge in [-0.25, -0.2) is 4.79 Å². The highest BCUT2D eigenvalue weighted by molar-refractivity contribution is 6.32. The first-order valence-electron chi connectivity index (χ1n) is 7.33. The van der Waals surface area contributed by atoms with Crippen LogP contribution < -0.4 is 14.8 Å². The van der Waals surface area contributed by atoms with Gasteiger partial charge in [-0.3, -0.25) is 4.79 Å². The molecule has 0 bridgehead atoms. The van der Waals surface area contributed by atoms with Gasteiger partial charge in [0.25, 0.3) is 5.91 Å². The van der Waals surface area contributed by atoms with Gasteiger partial charge >= 0.3 is 5.97 Å². The molecule has 0 spiro atoms. The van der Waals surface area contributed by atoms with E-state index in [0.717, 1.165) is 0 Å². The van der Waals surface area contributed by atoms with Crippen molar-refractivity contribution in [3.8, 4) is 11.5 Å². The smallest absolute Gasteiger partial charge is 0.339 e. The van der Waals surface area contributed by atoms with Crippen molar-refractivity contribution in [1.29, 1.82) is 0 Å². The van der Waals surface area contributed by atoms with Crippen molar-refractivity contribution in [2.75, 3.05) is 13.7 Å². The minimum absolute atomic E-state index is 0.100. The molecule has 1 amide bonds. The molecule has 1 aromatic rings. The average Bonchev–Trinajstić information content (AvgIpc) is 2.48. The Labute approximate surface area is 141 Å². The molecule has 0 fully saturated rings. The van der Waals surface area contributed by atoms with E-state index in [1.165, 1.54) is 26.2 Å². The number of hydrogen-bond donors (Lipinski definition) is 1. The molecule has 1 rings (SSSR count). The van der Waals surface area contributed by atoms with Crippen molar-refractivity contribution in [3.63, 3.8) is 0 Å². The Kier molecular flexibility index (Phi) is 7.16. The lowest BCUT2D eigenvalue weighted by atomic mass is 10.2. The topological polar surface area (TPSA) is 73.9 Å². The number of nitrogens with one attached hydrogen (secondary N) is 1. The summed E-state index contributed by atoms with van der Waals surface area (Å²) in [7, 11) is 1.45. The number of likely N-dealkylation sites (N-methyl/N-ethyl adjacent to an activating group) is 1. The fourth-order valence-electron chi connectivity index (χ4n) is 1.79. The highest BCUT2D eigenvalue weighted by Gasteiger charge is 2.21. The van der Waals surface area contributed by atoms with Crippen molar-refractivity contribution >= 4 is 23.5 Å². The molecule has 1 aromatic carbocycles. The van der Waals surface area contributed by atoms with Gasteiger partial charge in [0.15, 0.2) is 17.6 Å². The van der Waals surface area contributed by atoms with Crippen LogP contribution in [-0.2, 0) is 9.53 Å². The van der Waals surface area contributed by atoms with Crippen LogP contribution in [0.3, 0.4) is 0 Å². The molecule has 0 aliphatic carbocycles. The predicted molar refractivity (Wildman–Crippen MR) is 87.3 cm³/mol. The fourth-order valence-corrected chi connectivity index (χ4v) is 2.04. The largest absolute Gasteiger partial charge is 0.493 e. The maximum atomic E-state index is 12.2. The van der Waals surface area contributed by atoms with Gasteiger partial charge in [-0.05, 0) is 39.8 Å². The number of benzene rings is 1. The van der Waals surface area contributed by atoms with Gasteiger partial charge in [0.1, 0.15) is 0 Å². The average molecular weight is 344 g/mol. The van der Waals surface area contributed by atoms with Crippen LogP contribution in [0.15, 0.2) is 12.1 Å². The predicted octanol–water partition coefficient (Wildman–Crippen LogP) is 2.82. The van der Waals surface area contributed by atoms with E-state index in [-0.39, 0.29) is 22.6 Å². The van der Waals surface area contributed by atoms with Gasteiger partial charge < -0.3 is 19.5 Å². The Hall–Kier alpha value is -1.95. The molecule has 0 saturated heterocycles. The molecule has 0 aromatic heterocycles. The molecule has 0 heterocycles. The van der Waals surface area contributed by atoms with Crippen molar-refractivity contribution in [3.05, 3.63) is 22.7 Å². The summed E-state index contributed by atoms with van der Waals surface area (Å²) in [6.07, 6.45) is -1.00. The molecule has 6 nitrogen and oxygen atoms in total. The summed E-state index contributed by atoms with van der Waals surface area (Å²) in [5, 5.41) is 2.81. The Morgan fingerprint density at radius 3 is 2.43 bits per heavy atom. The van der Waals surface area contributed by atoms with Crippen molar-refractivity contribution in [2.45, 2.75) is 39.9 Å². The number of esters is 1. The lowest BCUT2D eigenvalue weighted by Gasteiger charge is -2.17. The molecule has 0 radical (unpaired) electrons. The monoisotopic (exact) mass is 343 g/mol. The summed E-state index contributed by atoms with van der Waals surface area (Å²) in [4.78, 5) is 23.8. The molecule has 23 heavy (non-hydrogen) atoms. The van der Waals surface area contributed by atoms with E-state index in [1.807, 2.05) is 13.8 Å². The van der Waals surface area contributed by atoms with Crippen molar-refractivity contribution in [1.82, 2.24) is 5.32 Å². The third-order valence-corrected chi connectivity index (χ3v) is 3.10. The number of carbonyl (C=O) groups excluding carboxylic acids is 2. The van der Waals surface area contributed by atoms with Crippen LogP contribution in [0.5, 0.6) is 11.5 Å². The molecule has 0 saturated carbocycles. The highest BCUT2D eigenvalue weighted by atomic mass is 35.5. The van der Waals surface area contributed by atoms with Crippen LogP contribution in [0.2, 0.25) is 5.02 Å². The van der Waals surface area contributed by atoms with Crippen LogP contribution in [0.25, 0.3) is 0 Å². The number of carbonyl (C=O) groups is 2. The Morgan fingerprint density at radius 1 is 1.26 bits per heavy atom. The summed E-state index contributed by atoms with van der Waals surface area (Å²) < 4.78 is 15.9. The zero-order valence-electron chi connectivity index (χ0n) is 13.9. The SMILES string of the molecule is CCNC(=O)[C@H](C)OC(=O)c1cc(Cl)c(OC(C)C)c(OC)c1. The third kappa shape index (κ3) is 5.32. The van der Waals surface area contributed by atoms with Gasteiger partial charge in [0, 0.05) is 6.54 Å². The minimum atomic E-state index is -0.904. The lowest BCUT2D eigenvalue weighted by molar-refractivity contribution is -0.128. The van der Waals surface area contributed by atoms with Crippen LogP contribution in [0.1, 0.15) is 38.1 Å². The van der Waals surface area contributed by atoms with Gasteiger partial charge in [-0.2, -0.15) is 0 Å². The first-order chi connectivity index (χ1) is 10.8. The Bertz CT molecular complexity index is 574. The molecule has 0 unspecified atom stereocenters. The van der Waals surface area contributed by atoms with E-state index in [2.05, 4.69) is 5.32 Å². The summed E-state index contributed by atoms with van der Waals surface area (Å²) >= 11 is 6.16. The van der Waals surface area contributed by atoms with Crippen molar-refractivity contribution in [2.24, 2.45) is 0 Å². The van der Waals surface area contributed by atoms with Crippen LogP contribution in [-0.4, -0.2) is 37.7 Å². The first kappa shape index (κ1) is 19.1. The van der Waals surface area contributed by atoms with Gasteiger partial charge in [-0.1, -0.05) is 11.6 Å². The van der Waals surface area contributed by atoms with E-state index >= 15 is 0 Å². The second-order valence-corrected chi connectivity index (χ2v) is 5.51.